The standard InChI is InChI=1S/C20H17N3O5S/c1-12-3-5-14(6-4-12)15-7-8-29-19(15)20(25)22-21-11-13-9-16(23(26)27)18(24)17(10-13)28-2/h3-11,24H,1-2H3,(H,22,25)/p-1/b21-11-. The maximum atomic E-state index is 12.5. The van der Waals surface area contributed by atoms with Crippen molar-refractivity contribution in [3.05, 3.63) is 74.0 Å². The predicted molar refractivity (Wildman–Crippen MR) is 109 cm³/mol. The minimum Gasteiger partial charge on any atom is -0.865 e. The molecule has 1 amide bonds. The molecule has 0 saturated heterocycles. The zero-order chi connectivity index (χ0) is 21.0. The Morgan fingerprint density at radius 3 is 2.62 bits per heavy atom. The van der Waals surface area contributed by atoms with E-state index in [1.54, 1.807) is 0 Å². The molecule has 0 radical (unpaired) electrons. The third-order valence-corrected chi connectivity index (χ3v) is 5.00. The molecule has 1 heterocycles. The molecule has 0 spiro atoms. The topological polar surface area (TPSA) is 117 Å². The second-order valence-electron chi connectivity index (χ2n) is 6.06. The van der Waals surface area contributed by atoms with Crippen molar-refractivity contribution in [2.75, 3.05) is 7.11 Å². The van der Waals surface area contributed by atoms with Crippen molar-refractivity contribution < 1.29 is 19.6 Å². The Morgan fingerprint density at radius 1 is 1.24 bits per heavy atom. The molecule has 0 unspecified atom stereocenters. The van der Waals surface area contributed by atoms with E-state index in [1.165, 1.54) is 30.7 Å². The molecule has 9 heteroatoms. The van der Waals surface area contributed by atoms with Crippen molar-refractivity contribution in [1.82, 2.24) is 5.43 Å². The number of methoxy groups -OCH3 is 1. The lowest BCUT2D eigenvalue weighted by molar-refractivity contribution is -0.398. The van der Waals surface area contributed by atoms with Gasteiger partial charge >= 0.3 is 0 Å². The Kier molecular flexibility index (Phi) is 5.89. The maximum Gasteiger partial charge on any atom is 0.282 e. The number of hydrogen-bond acceptors (Lipinski definition) is 7. The summed E-state index contributed by atoms with van der Waals surface area (Å²) < 4.78 is 4.87. The van der Waals surface area contributed by atoms with E-state index in [0.29, 0.717) is 4.88 Å². The van der Waals surface area contributed by atoms with E-state index in [9.17, 15) is 20.0 Å². The number of nitro groups is 1. The number of hydrazone groups is 1. The van der Waals surface area contributed by atoms with Gasteiger partial charge in [-0.3, -0.25) is 14.9 Å². The van der Waals surface area contributed by atoms with Gasteiger partial charge in [-0.1, -0.05) is 29.8 Å². The van der Waals surface area contributed by atoms with Crippen molar-refractivity contribution in [1.29, 1.82) is 0 Å². The number of rotatable bonds is 6. The molecule has 0 atom stereocenters. The zero-order valence-corrected chi connectivity index (χ0v) is 16.4. The van der Waals surface area contributed by atoms with E-state index < -0.39 is 22.3 Å². The quantitative estimate of drug-likeness (QED) is 0.379. The summed E-state index contributed by atoms with van der Waals surface area (Å²) in [7, 11) is 1.24. The van der Waals surface area contributed by atoms with E-state index in [2.05, 4.69) is 10.5 Å². The minimum absolute atomic E-state index is 0.174. The number of carbonyl (C=O) groups is 1. The van der Waals surface area contributed by atoms with Gasteiger partial charge in [0.25, 0.3) is 11.6 Å². The highest BCUT2D eigenvalue weighted by Gasteiger charge is 2.15. The molecule has 2 aromatic carbocycles. The summed E-state index contributed by atoms with van der Waals surface area (Å²) in [5.41, 5.74) is 4.85. The number of nitro benzene ring substituents is 1. The van der Waals surface area contributed by atoms with E-state index in [1.807, 2.05) is 42.6 Å². The SMILES string of the molecule is COc1cc(/C=N\NC(=O)c2sccc2-c2ccc(C)cc2)cc([N+](=O)[O-])c1[O-]. The van der Waals surface area contributed by atoms with Gasteiger partial charge < -0.3 is 9.84 Å². The molecule has 3 rings (SSSR count). The summed E-state index contributed by atoms with van der Waals surface area (Å²) in [6, 6.07) is 12.0. The highest BCUT2D eigenvalue weighted by Crippen LogP contribution is 2.34. The lowest BCUT2D eigenvalue weighted by Crippen LogP contribution is -2.17. The fraction of sp³-hybridized carbons (Fsp3) is 0.100. The fourth-order valence-corrected chi connectivity index (χ4v) is 3.44. The van der Waals surface area contributed by atoms with Gasteiger partial charge in [0.05, 0.1) is 18.2 Å². The molecule has 29 heavy (non-hydrogen) atoms. The van der Waals surface area contributed by atoms with Crippen molar-refractivity contribution in [3.8, 4) is 22.6 Å². The molecule has 0 bridgehead atoms. The average molecular weight is 410 g/mol. The molecule has 148 valence electrons. The Balaban J connectivity index is 1.79. The van der Waals surface area contributed by atoms with E-state index >= 15 is 0 Å². The third kappa shape index (κ3) is 4.41. The summed E-state index contributed by atoms with van der Waals surface area (Å²) in [4.78, 5) is 23.2. The Hall–Kier alpha value is -3.72. The zero-order valence-electron chi connectivity index (χ0n) is 15.5. The normalized spacial score (nSPS) is 10.8. The van der Waals surface area contributed by atoms with Crippen LogP contribution < -0.4 is 15.3 Å². The van der Waals surface area contributed by atoms with Crippen molar-refractivity contribution in [2.45, 2.75) is 6.92 Å². The number of aryl methyl sites for hydroxylation is 1. The van der Waals surface area contributed by atoms with Crippen LogP contribution in [0.5, 0.6) is 11.5 Å². The third-order valence-electron chi connectivity index (χ3n) is 4.09. The van der Waals surface area contributed by atoms with Gasteiger partial charge in [0.2, 0.25) is 0 Å². The van der Waals surface area contributed by atoms with Gasteiger partial charge in [-0.25, -0.2) is 5.43 Å². The average Bonchev–Trinajstić information content (AvgIpc) is 3.19. The first kappa shape index (κ1) is 20.0. The number of ether oxygens (including phenoxy) is 1. The molecule has 0 aliphatic carbocycles. The molecule has 1 aromatic heterocycles. The van der Waals surface area contributed by atoms with Crippen LogP contribution in [0.2, 0.25) is 0 Å². The van der Waals surface area contributed by atoms with Crippen LogP contribution in [-0.4, -0.2) is 24.2 Å². The smallest absolute Gasteiger partial charge is 0.282 e. The van der Waals surface area contributed by atoms with E-state index in [4.69, 9.17) is 4.74 Å². The first-order valence-corrected chi connectivity index (χ1v) is 9.30. The summed E-state index contributed by atoms with van der Waals surface area (Å²) in [5.74, 6) is -1.40. The van der Waals surface area contributed by atoms with Crippen LogP contribution >= 0.6 is 11.3 Å². The summed E-state index contributed by atoms with van der Waals surface area (Å²) in [6.45, 7) is 1.98. The van der Waals surface area contributed by atoms with Gasteiger partial charge in [-0.15, -0.1) is 11.3 Å². The van der Waals surface area contributed by atoms with Gasteiger partial charge in [-0.05, 0) is 30.0 Å². The minimum atomic E-state index is -0.819. The van der Waals surface area contributed by atoms with Crippen molar-refractivity contribution in [2.24, 2.45) is 5.10 Å². The van der Waals surface area contributed by atoms with Gasteiger partial charge in [0, 0.05) is 22.9 Å². The van der Waals surface area contributed by atoms with Crippen LogP contribution in [0.15, 0.2) is 52.9 Å². The molecule has 0 aliphatic rings. The Morgan fingerprint density at radius 2 is 1.97 bits per heavy atom. The second-order valence-corrected chi connectivity index (χ2v) is 6.97. The largest absolute Gasteiger partial charge is 0.865 e. The molecule has 0 saturated carbocycles. The number of thiophene rings is 1. The van der Waals surface area contributed by atoms with Crippen LogP contribution in [0.3, 0.4) is 0 Å². The highest BCUT2D eigenvalue weighted by molar-refractivity contribution is 7.12. The molecule has 3 aromatic rings. The van der Waals surface area contributed by atoms with Gasteiger partial charge in [0.15, 0.2) is 0 Å². The van der Waals surface area contributed by atoms with Gasteiger partial charge in [-0.2, -0.15) is 5.10 Å². The van der Waals surface area contributed by atoms with Crippen LogP contribution in [-0.2, 0) is 0 Å². The first-order valence-electron chi connectivity index (χ1n) is 8.42. The van der Waals surface area contributed by atoms with Crippen molar-refractivity contribution in [3.63, 3.8) is 0 Å². The number of carbonyl (C=O) groups excluding carboxylic acids is 1. The Bertz CT molecular complexity index is 1090. The number of benzene rings is 2. The van der Waals surface area contributed by atoms with Crippen LogP contribution in [0.25, 0.3) is 11.1 Å². The van der Waals surface area contributed by atoms with E-state index in [0.717, 1.165) is 22.8 Å². The second kappa shape index (κ2) is 8.53. The lowest BCUT2D eigenvalue weighted by Gasteiger charge is -2.12. The summed E-state index contributed by atoms with van der Waals surface area (Å²) in [6.07, 6.45) is 1.21. The Labute approximate surface area is 170 Å². The van der Waals surface area contributed by atoms with Crippen molar-refractivity contribution >= 4 is 29.1 Å². The molecule has 0 fully saturated rings. The molecular weight excluding hydrogens is 394 g/mol. The van der Waals surface area contributed by atoms with Crippen LogP contribution in [0, 0.1) is 17.0 Å². The number of amides is 1. The number of nitrogens with zero attached hydrogens (tertiary/aromatic N) is 2. The fourth-order valence-electron chi connectivity index (χ4n) is 2.63. The predicted octanol–water partition coefficient (Wildman–Crippen LogP) is 3.48. The summed E-state index contributed by atoms with van der Waals surface area (Å²) in [5, 5.41) is 28.5. The highest BCUT2D eigenvalue weighted by atomic mass is 32.1. The molecule has 8 nitrogen and oxygen atoms in total. The van der Waals surface area contributed by atoms with Crippen LogP contribution in [0.4, 0.5) is 5.69 Å². The molecule has 1 N–H and O–H groups in total. The molecular formula is C20H16N3O5S-. The summed E-state index contributed by atoms with van der Waals surface area (Å²) >= 11 is 1.28. The number of nitrogens with one attached hydrogen (secondary N) is 1. The number of hydrogen-bond donors (Lipinski definition) is 1. The monoisotopic (exact) mass is 410 g/mol. The van der Waals surface area contributed by atoms with E-state index in [-0.39, 0.29) is 11.3 Å². The van der Waals surface area contributed by atoms with Gasteiger partial charge in [0.1, 0.15) is 10.6 Å². The molecule has 0 aliphatic heterocycles. The maximum absolute atomic E-state index is 12.5. The lowest BCUT2D eigenvalue weighted by atomic mass is 10.1. The van der Waals surface area contributed by atoms with Crippen LogP contribution in [0.1, 0.15) is 20.8 Å². The first-order chi connectivity index (χ1) is 13.9.